The Bertz CT molecular complexity index is 637. The van der Waals surface area contributed by atoms with E-state index in [1.165, 1.54) is 28.1 Å². The first-order valence-electron chi connectivity index (χ1n) is 6.91. The van der Waals surface area contributed by atoms with Crippen LogP contribution in [-0.2, 0) is 13.1 Å². The van der Waals surface area contributed by atoms with Gasteiger partial charge in [-0.05, 0) is 41.8 Å². The van der Waals surface area contributed by atoms with Crippen LogP contribution < -0.4 is 15.0 Å². The van der Waals surface area contributed by atoms with Crippen molar-refractivity contribution in [3.63, 3.8) is 0 Å². The molecule has 2 aromatic carbocycles. The Morgan fingerprint density at radius 2 is 2.00 bits per heavy atom. The van der Waals surface area contributed by atoms with Gasteiger partial charge in [0.15, 0.2) is 0 Å². The van der Waals surface area contributed by atoms with Gasteiger partial charge in [0, 0.05) is 25.8 Å². The second-order valence-electron chi connectivity index (χ2n) is 5.22. The molecule has 3 heteroatoms. The van der Waals surface area contributed by atoms with E-state index in [1.807, 2.05) is 13.1 Å². The van der Waals surface area contributed by atoms with Crippen LogP contribution in [0.3, 0.4) is 0 Å². The lowest BCUT2D eigenvalue weighted by Crippen LogP contribution is -2.15. The van der Waals surface area contributed by atoms with Gasteiger partial charge in [0.1, 0.15) is 5.75 Å². The Morgan fingerprint density at radius 3 is 2.75 bits per heavy atom. The molecule has 0 amide bonds. The van der Waals surface area contributed by atoms with E-state index in [0.717, 1.165) is 18.8 Å². The standard InChI is InChI=1S/C17H20N2O/c1-12-7-8-17(20-3)16(9-12)19-10-13-5-4-6-15(18-2)14(13)11-19/h4-9,18H,10-11H2,1-3H3. The summed E-state index contributed by atoms with van der Waals surface area (Å²) in [5.41, 5.74) is 6.42. The Labute approximate surface area is 120 Å². The van der Waals surface area contributed by atoms with Gasteiger partial charge >= 0.3 is 0 Å². The first-order valence-corrected chi connectivity index (χ1v) is 6.91. The van der Waals surface area contributed by atoms with E-state index in [1.54, 1.807) is 7.11 Å². The lowest BCUT2D eigenvalue weighted by Gasteiger charge is -2.21. The van der Waals surface area contributed by atoms with Crippen molar-refractivity contribution < 1.29 is 4.74 Å². The summed E-state index contributed by atoms with van der Waals surface area (Å²) < 4.78 is 5.51. The van der Waals surface area contributed by atoms with Crippen LogP contribution in [0.5, 0.6) is 5.75 Å². The van der Waals surface area contributed by atoms with Crippen molar-refractivity contribution in [2.75, 3.05) is 24.4 Å². The fourth-order valence-corrected chi connectivity index (χ4v) is 2.87. The monoisotopic (exact) mass is 268 g/mol. The van der Waals surface area contributed by atoms with Crippen molar-refractivity contribution in [2.24, 2.45) is 0 Å². The van der Waals surface area contributed by atoms with Crippen molar-refractivity contribution in [3.8, 4) is 5.75 Å². The quantitative estimate of drug-likeness (QED) is 0.921. The Morgan fingerprint density at radius 1 is 1.15 bits per heavy atom. The van der Waals surface area contributed by atoms with Crippen LogP contribution in [0.4, 0.5) is 11.4 Å². The molecule has 20 heavy (non-hydrogen) atoms. The predicted molar refractivity (Wildman–Crippen MR) is 83.6 cm³/mol. The normalized spacial score (nSPS) is 13.2. The maximum atomic E-state index is 5.51. The van der Waals surface area contributed by atoms with E-state index in [2.05, 4.69) is 47.5 Å². The molecule has 1 heterocycles. The van der Waals surface area contributed by atoms with Crippen molar-refractivity contribution in [1.29, 1.82) is 0 Å². The van der Waals surface area contributed by atoms with E-state index < -0.39 is 0 Å². The fraction of sp³-hybridized carbons (Fsp3) is 0.294. The molecule has 0 saturated carbocycles. The smallest absolute Gasteiger partial charge is 0.142 e. The van der Waals surface area contributed by atoms with E-state index in [4.69, 9.17) is 4.74 Å². The first-order chi connectivity index (χ1) is 9.72. The number of nitrogens with zero attached hydrogens (tertiary/aromatic N) is 1. The summed E-state index contributed by atoms with van der Waals surface area (Å²) in [7, 11) is 3.71. The number of aryl methyl sites for hydroxylation is 1. The number of ether oxygens (including phenoxy) is 1. The molecule has 0 radical (unpaired) electrons. The van der Waals surface area contributed by atoms with Crippen molar-refractivity contribution in [2.45, 2.75) is 20.0 Å². The molecule has 1 aliphatic heterocycles. The maximum absolute atomic E-state index is 5.51. The largest absolute Gasteiger partial charge is 0.495 e. The molecule has 0 aliphatic carbocycles. The molecule has 0 saturated heterocycles. The zero-order valence-electron chi connectivity index (χ0n) is 12.2. The molecular formula is C17H20N2O. The number of methoxy groups -OCH3 is 1. The highest BCUT2D eigenvalue weighted by Gasteiger charge is 2.23. The minimum Gasteiger partial charge on any atom is -0.495 e. The van der Waals surface area contributed by atoms with E-state index >= 15 is 0 Å². The second kappa shape index (κ2) is 5.08. The van der Waals surface area contributed by atoms with Gasteiger partial charge in [-0.3, -0.25) is 0 Å². The predicted octanol–water partition coefficient (Wildman–Crippen LogP) is 3.57. The van der Waals surface area contributed by atoms with Crippen LogP contribution in [-0.4, -0.2) is 14.2 Å². The summed E-state index contributed by atoms with van der Waals surface area (Å²) in [4.78, 5) is 2.37. The van der Waals surface area contributed by atoms with Gasteiger partial charge in [0.25, 0.3) is 0 Å². The summed E-state index contributed by atoms with van der Waals surface area (Å²) in [5, 5.41) is 3.28. The van der Waals surface area contributed by atoms with Crippen LogP contribution in [0.15, 0.2) is 36.4 Å². The number of hydrogen-bond donors (Lipinski definition) is 1. The van der Waals surface area contributed by atoms with Crippen molar-refractivity contribution in [1.82, 2.24) is 0 Å². The molecule has 2 aromatic rings. The Kier molecular flexibility index (Phi) is 3.26. The van der Waals surface area contributed by atoms with E-state index in [9.17, 15) is 0 Å². The SMILES string of the molecule is CNc1cccc2c1CN(c1cc(C)ccc1OC)C2. The molecule has 0 spiro atoms. The average molecular weight is 268 g/mol. The lowest BCUT2D eigenvalue weighted by atomic mass is 10.1. The maximum Gasteiger partial charge on any atom is 0.142 e. The molecule has 0 bridgehead atoms. The number of hydrogen-bond acceptors (Lipinski definition) is 3. The van der Waals surface area contributed by atoms with Crippen molar-refractivity contribution in [3.05, 3.63) is 53.1 Å². The summed E-state index contributed by atoms with van der Waals surface area (Å²) in [6, 6.07) is 12.8. The van der Waals surface area contributed by atoms with E-state index in [-0.39, 0.29) is 0 Å². The average Bonchev–Trinajstić information content (AvgIpc) is 2.90. The molecular weight excluding hydrogens is 248 g/mol. The van der Waals surface area contributed by atoms with Gasteiger partial charge in [0.05, 0.1) is 12.8 Å². The topological polar surface area (TPSA) is 24.5 Å². The Hall–Kier alpha value is -2.16. The summed E-state index contributed by atoms with van der Waals surface area (Å²) in [5.74, 6) is 0.939. The molecule has 0 unspecified atom stereocenters. The third kappa shape index (κ3) is 2.09. The summed E-state index contributed by atoms with van der Waals surface area (Å²) >= 11 is 0. The number of benzene rings is 2. The molecule has 1 N–H and O–H groups in total. The van der Waals surface area contributed by atoms with Crippen molar-refractivity contribution >= 4 is 11.4 Å². The van der Waals surface area contributed by atoms with Crippen LogP contribution >= 0.6 is 0 Å². The molecule has 0 aromatic heterocycles. The third-order valence-electron chi connectivity index (χ3n) is 3.93. The molecule has 3 rings (SSSR count). The molecule has 104 valence electrons. The Balaban J connectivity index is 1.98. The number of anilines is 2. The first kappa shape index (κ1) is 12.9. The minimum atomic E-state index is 0.923. The van der Waals surface area contributed by atoms with Crippen LogP contribution in [0.2, 0.25) is 0 Å². The number of rotatable bonds is 3. The van der Waals surface area contributed by atoms with Crippen LogP contribution in [0.1, 0.15) is 16.7 Å². The summed E-state index contributed by atoms with van der Waals surface area (Å²) in [6.07, 6.45) is 0. The molecule has 1 aliphatic rings. The minimum absolute atomic E-state index is 0.923. The third-order valence-corrected chi connectivity index (χ3v) is 3.93. The number of nitrogens with one attached hydrogen (secondary N) is 1. The highest BCUT2D eigenvalue weighted by atomic mass is 16.5. The van der Waals surface area contributed by atoms with Gasteiger partial charge in [-0.25, -0.2) is 0 Å². The highest BCUT2D eigenvalue weighted by molar-refractivity contribution is 5.66. The fourth-order valence-electron chi connectivity index (χ4n) is 2.87. The van der Waals surface area contributed by atoms with Gasteiger partial charge in [0.2, 0.25) is 0 Å². The molecule has 0 atom stereocenters. The lowest BCUT2D eigenvalue weighted by molar-refractivity contribution is 0.414. The van der Waals surface area contributed by atoms with Crippen LogP contribution in [0.25, 0.3) is 0 Å². The van der Waals surface area contributed by atoms with Gasteiger partial charge < -0.3 is 15.0 Å². The molecule has 3 nitrogen and oxygen atoms in total. The summed E-state index contributed by atoms with van der Waals surface area (Å²) in [6.45, 7) is 3.97. The second-order valence-corrected chi connectivity index (χ2v) is 5.22. The van der Waals surface area contributed by atoms with Gasteiger partial charge in [-0.2, -0.15) is 0 Å². The highest BCUT2D eigenvalue weighted by Crippen LogP contribution is 2.37. The zero-order valence-corrected chi connectivity index (χ0v) is 12.2. The molecule has 0 fully saturated rings. The van der Waals surface area contributed by atoms with Gasteiger partial charge in [-0.15, -0.1) is 0 Å². The zero-order chi connectivity index (χ0) is 14.1. The van der Waals surface area contributed by atoms with Crippen LogP contribution in [0, 0.1) is 6.92 Å². The van der Waals surface area contributed by atoms with E-state index in [0.29, 0.717) is 0 Å². The van der Waals surface area contributed by atoms with Gasteiger partial charge in [-0.1, -0.05) is 18.2 Å². The number of fused-ring (bicyclic) bond motifs is 1.